The Bertz CT molecular complexity index is 1120. The largest absolute Gasteiger partial charge is 0.497 e. The number of nitrogens with zero attached hydrogens (tertiary/aromatic N) is 1. The monoisotopic (exact) mass is 362 g/mol. The maximum absolute atomic E-state index is 13.7. The Hall–Kier alpha value is -3.67. The van der Waals surface area contributed by atoms with Crippen molar-refractivity contribution < 1.29 is 18.3 Å². The van der Waals surface area contributed by atoms with Gasteiger partial charge in [0.1, 0.15) is 17.1 Å². The molecular weight excluding hydrogens is 347 g/mol. The van der Waals surface area contributed by atoms with Crippen LogP contribution in [0.2, 0.25) is 0 Å². The number of methoxy groups -OCH3 is 1. The molecule has 0 spiro atoms. The van der Waals surface area contributed by atoms with E-state index in [0.717, 1.165) is 11.3 Å². The summed E-state index contributed by atoms with van der Waals surface area (Å²) in [6.07, 6.45) is 0. The number of aromatic nitrogens is 1. The van der Waals surface area contributed by atoms with E-state index in [0.29, 0.717) is 22.7 Å². The summed E-state index contributed by atoms with van der Waals surface area (Å²) >= 11 is 0. The zero-order valence-corrected chi connectivity index (χ0v) is 14.4. The van der Waals surface area contributed by atoms with Gasteiger partial charge in [0.05, 0.1) is 12.7 Å². The predicted molar refractivity (Wildman–Crippen MR) is 100 cm³/mol. The van der Waals surface area contributed by atoms with E-state index in [2.05, 4.69) is 10.3 Å². The lowest BCUT2D eigenvalue weighted by Crippen LogP contribution is -2.13. The predicted octanol–water partition coefficient (Wildman–Crippen LogP) is 4.89. The summed E-state index contributed by atoms with van der Waals surface area (Å²) in [7, 11) is 1.60. The second kappa shape index (κ2) is 6.92. The summed E-state index contributed by atoms with van der Waals surface area (Å²) in [5.41, 5.74) is 2.47. The number of nitrogens with one attached hydrogen (secondary N) is 1. The fraction of sp³-hybridized carbons (Fsp3) is 0.0476. The molecule has 3 aromatic carbocycles. The summed E-state index contributed by atoms with van der Waals surface area (Å²) in [6, 6.07) is 18.3. The highest BCUT2D eigenvalue weighted by atomic mass is 19.1. The zero-order chi connectivity index (χ0) is 18.8. The van der Waals surface area contributed by atoms with Gasteiger partial charge in [-0.25, -0.2) is 9.37 Å². The minimum absolute atomic E-state index is 0.0170. The van der Waals surface area contributed by atoms with Crippen molar-refractivity contribution in [2.24, 2.45) is 0 Å². The quantitative estimate of drug-likeness (QED) is 0.561. The lowest BCUT2D eigenvalue weighted by molar-refractivity contribution is 0.102. The topological polar surface area (TPSA) is 64.4 Å². The minimum Gasteiger partial charge on any atom is -0.497 e. The van der Waals surface area contributed by atoms with Crippen LogP contribution < -0.4 is 10.1 Å². The van der Waals surface area contributed by atoms with Gasteiger partial charge in [-0.15, -0.1) is 0 Å². The maximum atomic E-state index is 13.7. The number of carbonyl (C=O) groups excluding carboxylic acids is 1. The first kappa shape index (κ1) is 16.8. The highest BCUT2D eigenvalue weighted by Gasteiger charge is 2.13. The molecule has 27 heavy (non-hydrogen) atoms. The third-order valence-corrected chi connectivity index (χ3v) is 4.10. The Labute approximate surface area is 154 Å². The van der Waals surface area contributed by atoms with Gasteiger partial charge in [-0.05, 0) is 54.6 Å². The number of fused-ring (bicyclic) bond motifs is 1. The number of ether oxygens (including phenoxy) is 1. The normalized spacial score (nSPS) is 10.7. The third-order valence-electron chi connectivity index (χ3n) is 4.10. The van der Waals surface area contributed by atoms with E-state index >= 15 is 0 Å². The summed E-state index contributed by atoms with van der Waals surface area (Å²) in [5, 5.41) is 2.68. The van der Waals surface area contributed by atoms with Crippen LogP contribution in [0.1, 0.15) is 10.4 Å². The van der Waals surface area contributed by atoms with Gasteiger partial charge < -0.3 is 14.5 Å². The molecule has 4 rings (SSSR count). The molecule has 1 heterocycles. The molecule has 0 saturated heterocycles. The smallest absolute Gasteiger partial charge is 0.258 e. The number of amides is 1. The summed E-state index contributed by atoms with van der Waals surface area (Å²) in [6.45, 7) is 0. The molecule has 0 atom stereocenters. The lowest BCUT2D eigenvalue weighted by atomic mass is 10.2. The van der Waals surface area contributed by atoms with Crippen molar-refractivity contribution >= 4 is 22.7 Å². The molecule has 1 N–H and O–H groups in total. The molecule has 5 nitrogen and oxygen atoms in total. The van der Waals surface area contributed by atoms with Crippen LogP contribution in [0.25, 0.3) is 22.6 Å². The zero-order valence-electron chi connectivity index (χ0n) is 14.4. The summed E-state index contributed by atoms with van der Waals surface area (Å²) < 4.78 is 24.7. The van der Waals surface area contributed by atoms with Crippen molar-refractivity contribution in [1.29, 1.82) is 0 Å². The third kappa shape index (κ3) is 3.37. The van der Waals surface area contributed by atoms with Crippen LogP contribution in [0.4, 0.5) is 10.1 Å². The van der Waals surface area contributed by atoms with Crippen LogP contribution in [-0.2, 0) is 0 Å². The average molecular weight is 362 g/mol. The first-order valence-corrected chi connectivity index (χ1v) is 8.25. The Balaban J connectivity index is 1.60. The van der Waals surface area contributed by atoms with E-state index in [1.54, 1.807) is 31.4 Å². The van der Waals surface area contributed by atoms with E-state index in [1.165, 1.54) is 18.2 Å². The average Bonchev–Trinajstić information content (AvgIpc) is 3.11. The molecule has 0 aliphatic heterocycles. The van der Waals surface area contributed by atoms with Gasteiger partial charge in [-0.3, -0.25) is 4.79 Å². The second-order valence-corrected chi connectivity index (χ2v) is 5.86. The van der Waals surface area contributed by atoms with Gasteiger partial charge in [-0.1, -0.05) is 12.1 Å². The summed E-state index contributed by atoms with van der Waals surface area (Å²) in [4.78, 5) is 16.7. The summed E-state index contributed by atoms with van der Waals surface area (Å²) in [5.74, 6) is 0.115. The van der Waals surface area contributed by atoms with Crippen molar-refractivity contribution in [3.05, 3.63) is 78.1 Å². The van der Waals surface area contributed by atoms with Crippen LogP contribution >= 0.6 is 0 Å². The minimum atomic E-state index is -0.570. The first-order chi connectivity index (χ1) is 13.1. The number of carbonyl (C=O) groups is 1. The SMILES string of the molecule is COc1ccc(-c2nc3cc(NC(=O)c4ccccc4F)ccc3o2)cc1. The maximum Gasteiger partial charge on any atom is 0.258 e. The first-order valence-electron chi connectivity index (χ1n) is 8.25. The molecule has 1 aromatic heterocycles. The highest BCUT2D eigenvalue weighted by molar-refractivity contribution is 6.05. The van der Waals surface area contributed by atoms with E-state index in [4.69, 9.17) is 9.15 Å². The van der Waals surface area contributed by atoms with Crippen molar-refractivity contribution in [2.75, 3.05) is 12.4 Å². The van der Waals surface area contributed by atoms with E-state index in [-0.39, 0.29) is 5.56 Å². The molecule has 0 aliphatic carbocycles. The Kier molecular flexibility index (Phi) is 4.30. The van der Waals surface area contributed by atoms with Gasteiger partial charge in [0.25, 0.3) is 5.91 Å². The molecule has 134 valence electrons. The molecule has 6 heteroatoms. The van der Waals surface area contributed by atoms with E-state index in [1.807, 2.05) is 24.3 Å². The van der Waals surface area contributed by atoms with Gasteiger partial charge >= 0.3 is 0 Å². The molecule has 0 bridgehead atoms. The Morgan fingerprint density at radius 3 is 2.59 bits per heavy atom. The standard InChI is InChI=1S/C21H15FN2O3/c1-26-15-9-6-13(7-10-15)21-24-18-12-14(8-11-19(18)27-21)23-20(25)16-4-2-3-5-17(16)22/h2-12H,1H3,(H,23,25). The van der Waals surface area contributed by atoms with Crippen molar-refractivity contribution in [2.45, 2.75) is 0 Å². The van der Waals surface area contributed by atoms with Gasteiger partial charge in [0.2, 0.25) is 5.89 Å². The molecule has 0 unspecified atom stereocenters. The molecular formula is C21H15FN2O3. The molecule has 0 radical (unpaired) electrons. The Morgan fingerprint density at radius 1 is 1.07 bits per heavy atom. The van der Waals surface area contributed by atoms with Gasteiger partial charge in [0, 0.05) is 11.3 Å². The lowest BCUT2D eigenvalue weighted by Gasteiger charge is -2.05. The van der Waals surface area contributed by atoms with Crippen LogP contribution in [0.15, 0.2) is 71.1 Å². The second-order valence-electron chi connectivity index (χ2n) is 5.86. The Morgan fingerprint density at radius 2 is 1.85 bits per heavy atom. The molecule has 4 aromatic rings. The van der Waals surface area contributed by atoms with Crippen LogP contribution in [0.3, 0.4) is 0 Å². The number of benzene rings is 3. The van der Waals surface area contributed by atoms with E-state index < -0.39 is 11.7 Å². The van der Waals surface area contributed by atoms with Crippen LogP contribution in [-0.4, -0.2) is 18.0 Å². The number of anilines is 1. The van der Waals surface area contributed by atoms with E-state index in [9.17, 15) is 9.18 Å². The van der Waals surface area contributed by atoms with Gasteiger partial charge in [-0.2, -0.15) is 0 Å². The van der Waals surface area contributed by atoms with Crippen LogP contribution in [0.5, 0.6) is 5.75 Å². The fourth-order valence-corrected chi connectivity index (χ4v) is 2.71. The molecule has 0 saturated carbocycles. The number of halogens is 1. The van der Waals surface area contributed by atoms with Crippen molar-refractivity contribution in [3.63, 3.8) is 0 Å². The molecule has 1 amide bonds. The van der Waals surface area contributed by atoms with Crippen molar-refractivity contribution in [1.82, 2.24) is 4.98 Å². The molecule has 0 aliphatic rings. The number of oxazole rings is 1. The number of rotatable bonds is 4. The molecule has 0 fully saturated rings. The van der Waals surface area contributed by atoms with Crippen LogP contribution in [0, 0.1) is 5.82 Å². The highest BCUT2D eigenvalue weighted by Crippen LogP contribution is 2.27. The number of hydrogen-bond donors (Lipinski definition) is 1. The number of hydrogen-bond acceptors (Lipinski definition) is 4. The van der Waals surface area contributed by atoms with Crippen molar-refractivity contribution in [3.8, 4) is 17.2 Å². The van der Waals surface area contributed by atoms with Gasteiger partial charge in [0.15, 0.2) is 5.58 Å². The fourth-order valence-electron chi connectivity index (χ4n) is 2.71.